The second-order valence-corrected chi connectivity index (χ2v) is 4.74. The van der Waals surface area contributed by atoms with E-state index in [1.54, 1.807) is 0 Å². The summed E-state index contributed by atoms with van der Waals surface area (Å²) in [5, 5.41) is 0. The molecule has 0 atom stereocenters. The molecule has 1 heteroatoms. The molecular weight excluding hydrogens is 194 g/mol. The maximum atomic E-state index is 2.33. The Labute approximate surface area is 98.1 Å². The lowest BCUT2D eigenvalue weighted by Gasteiger charge is -2.25. The van der Waals surface area contributed by atoms with Crippen LogP contribution in [0.1, 0.15) is 19.4 Å². The first-order valence-electron chi connectivity index (χ1n) is 5.85. The van der Waals surface area contributed by atoms with Crippen LogP contribution in [0.25, 0.3) is 5.57 Å². The SMILES string of the molecule is CC(C)C1=CC(c2ccccc2)=CN(C)C1. The molecule has 1 aromatic carbocycles. The average molecular weight is 213 g/mol. The molecule has 16 heavy (non-hydrogen) atoms. The van der Waals surface area contributed by atoms with Crippen LogP contribution in [0.2, 0.25) is 0 Å². The number of rotatable bonds is 2. The molecule has 0 aromatic heterocycles. The maximum Gasteiger partial charge on any atom is 0.0386 e. The highest BCUT2D eigenvalue weighted by Crippen LogP contribution is 2.25. The van der Waals surface area contributed by atoms with Crippen molar-refractivity contribution in [2.75, 3.05) is 13.6 Å². The van der Waals surface area contributed by atoms with Gasteiger partial charge in [-0.05, 0) is 22.6 Å². The van der Waals surface area contributed by atoms with E-state index in [0.29, 0.717) is 5.92 Å². The van der Waals surface area contributed by atoms with Gasteiger partial charge in [-0.2, -0.15) is 0 Å². The predicted molar refractivity (Wildman–Crippen MR) is 70.0 cm³/mol. The summed E-state index contributed by atoms with van der Waals surface area (Å²) in [6.07, 6.45) is 4.56. The molecule has 84 valence electrons. The van der Waals surface area contributed by atoms with E-state index in [9.17, 15) is 0 Å². The Hall–Kier alpha value is -1.50. The highest BCUT2D eigenvalue weighted by molar-refractivity contribution is 5.75. The van der Waals surface area contributed by atoms with Gasteiger partial charge in [0.25, 0.3) is 0 Å². The van der Waals surface area contributed by atoms with E-state index in [2.05, 4.69) is 68.4 Å². The maximum absolute atomic E-state index is 2.33. The van der Waals surface area contributed by atoms with Gasteiger partial charge in [-0.15, -0.1) is 0 Å². The van der Waals surface area contributed by atoms with Crippen LogP contribution >= 0.6 is 0 Å². The molecule has 0 amide bonds. The van der Waals surface area contributed by atoms with Gasteiger partial charge in [0, 0.05) is 19.8 Å². The first-order chi connectivity index (χ1) is 7.66. The first kappa shape index (κ1) is 11.0. The van der Waals surface area contributed by atoms with E-state index in [4.69, 9.17) is 0 Å². The summed E-state index contributed by atoms with van der Waals surface area (Å²) in [6.45, 7) is 5.56. The molecule has 2 rings (SSSR count). The predicted octanol–water partition coefficient (Wildman–Crippen LogP) is 3.56. The molecule has 0 saturated carbocycles. The van der Waals surface area contributed by atoms with E-state index < -0.39 is 0 Å². The molecule has 1 aromatic rings. The zero-order chi connectivity index (χ0) is 11.5. The first-order valence-corrected chi connectivity index (χ1v) is 5.85. The summed E-state index contributed by atoms with van der Waals surface area (Å²) in [6, 6.07) is 10.6. The zero-order valence-electron chi connectivity index (χ0n) is 10.3. The molecule has 0 unspecified atom stereocenters. The molecule has 0 aliphatic carbocycles. The van der Waals surface area contributed by atoms with Crippen LogP contribution in [0.15, 0.2) is 48.2 Å². The van der Waals surface area contributed by atoms with Crippen LogP contribution in [0.3, 0.4) is 0 Å². The molecule has 1 heterocycles. The van der Waals surface area contributed by atoms with Gasteiger partial charge >= 0.3 is 0 Å². The highest BCUT2D eigenvalue weighted by atomic mass is 15.1. The van der Waals surface area contributed by atoms with Gasteiger partial charge in [0.05, 0.1) is 0 Å². The van der Waals surface area contributed by atoms with Gasteiger partial charge < -0.3 is 4.90 Å². The van der Waals surface area contributed by atoms with Gasteiger partial charge in [0.1, 0.15) is 0 Å². The Balaban J connectivity index is 2.34. The summed E-state index contributed by atoms with van der Waals surface area (Å²) >= 11 is 0. The topological polar surface area (TPSA) is 3.24 Å². The molecule has 0 spiro atoms. The minimum absolute atomic E-state index is 0.620. The molecule has 0 radical (unpaired) electrons. The van der Waals surface area contributed by atoms with E-state index in [1.165, 1.54) is 16.7 Å². The fraction of sp³-hybridized carbons (Fsp3) is 0.333. The molecule has 1 nitrogen and oxygen atoms in total. The molecule has 1 aliphatic rings. The third kappa shape index (κ3) is 2.35. The summed E-state index contributed by atoms with van der Waals surface area (Å²) in [5.74, 6) is 0.620. The number of likely N-dealkylation sites (N-methyl/N-ethyl adjacent to an activating group) is 1. The number of nitrogens with zero attached hydrogens (tertiary/aromatic N) is 1. The van der Waals surface area contributed by atoms with E-state index >= 15 is 0 Å². The van der Waals surface area contributed by atoms with Crippen LogP contribution in [-0.4, -0.2) is 18.5 Å². The van der Waals surface area contributed by atoms with Crippen molar-refractivity contribution < 1.29 is 0 Å². The second-order valence-electron chi connectivity index (χ2n) is 4.74. The normalized spacial score (nSPS) is 16.1. The van der Waals surface area contributed by atoms with Crippen LogP contribution in [-0.2, 0) is 0 Å². The summed E-state index contributed by atoms with van der Waals surface area (Å²) in [5.41, 5.74) is 4.12. The Bertz CT molecular complexity index is 412. The van der Waals surface area contributed by atoms with Crippen LogP contribution in [0.5, 0.6) is 0 Å². The van der Waals surface area contributed by atoms with Crippen molar-refractivity contribution in [1.29, 1.82) is 0 Å². The number of allylic oxidation sites excluding steroid dienone is 2. The number of hydrogen-bond acceptors (Lipinski definition) is 1. The molecule has 0 bridgehead atoms. The Morgan fingerprint density at radius 3 is 2.44 bits per heavy atom. The fourth-order valence-corrected chi connectivity index (χ4v) is 1.99. The standard InChI is InChI=1S/C15H19N/c1-12(2)14-9-15(11-16(3)10-14)13-7-5-4-6-8-13/h4-9,11-12H,10H2,1-3H3. The van der Waals surface area contributed by atoms with E-state index in [1.807, 2.05) is 0 Å². The smallest absolute Gasteiger partial charge is 0.0386 e. The third-order valence-electron chi connectivity index (χ3n) is 2.98. The van der Waals surface area contributed by atoms with Gasteiger partial charge in [0.2, 0.25) is 0 Å². The number of hydrogen-bond donors (Lipinski definition) is 0. The largest absolute Gasteiger partial charge is 0.376 e. The van der Waals surface area contributed by atoms with E-state index in [0.717, 1.165) is 6.54 Å². The summed E-state index contributed by atoms with van der Waals surface area (Å²) < 4.78 is 0. The summed E-state index contributed by atoms with van der Waals surface area (Å²) in [4.78, 5) is 2.26. The Morgan fingerprint density at radius 1 is 1.12 bits per heavy atom. The third-order valence-corrected chi connectivity index (χ3v) is 2.98. The molecule has 1 aliphatic heterocycles. The second kappa shape index (κ2) is 4.56. The molecule has 0 N–H and O–H groups in total. The Kier molecular flexibility index (Phi) is 3.14. The minimum atomic E-state index is 0.620. The van der Waals surface area contributed by atoms with Crippen LogP contribution < -0.4 is 0 Å². The van der Waals surface area contributed by atoms with Gasteiger partial charge in [-0.3, -0.25) is 0 Å². The zero-order valence-corrected chi connectivity index (χ0v) is 10.3. The van der Waals surface area contributed by atoms with Crippen molar-refractivity contribution in [3.63, 3.8) is 0 Å². The molecule has 0 saturated heterocycles. The summed E-state index contributed by atoms with van der Waals surface area (Å²) in [7, 11) is 2.14. The van der Waals surface area contributed by atoms with Crippen molar-refractivity contribution >= 4 is 5.57 Å². The van der Waals surface area contributed by atoms with Crippen molar-refractivity contribution in [2.24, 2.45) is 5.92 Å². The quantitative estimate of drug-likeness (QED) is 0.726. The van der Waals surface area contributed by atoms with E-state index in [-0.39, 0.29) is 0 Å². The lowest BCUT2D eigenvalue weighted by atomic mass is 9.95. The van der Waals surface area contributed by atoms with Crippen molar-refractivity contribution in [2.45, 2.75) is 13.8 Å². The van der Waals surface area contributed by atoms with Gasteiger partial charge in [-0.1, -0.05) is 50.3 Å². The van der Waals surface area contributed by atoms with Crippen molar-refractivity contribution in [3.8, 4) is 0 Å². The lowest BCUT2D eigenvalue weighted by Crippen LogP contribution is -2.20. The van der Waals surface area contributed by atoms with Crippen LogP contribution in [0, 0.1) is 5.92 Å². The fourth-order valence-electron chi connectivity index (χ4n) is 1.99. The Morgan fingerprint density at radius 2 is 1.81 bits per heavy atom. The lowest BCUT2D eigenvalue weighted by molar-refractivity contribution is 0.470. The van der Waals surface area contributed by atoms with Crippen molar-refractivity contribution in [3.05, 3.63) is 53.7 Å². The number of benzene rings is 1. The van der Waals surface area contributed by atoms with Gasteiger partial charge in [0.15, 0.2) is 0 Å². The van der Waals surface area contributed by atoms with Gasteiger partial charge in [-0.25, -0.2) is 0 Å². The minimum Gasteiger partial charge on any atom is -0.376 e. The molecular formula is C15H19N. The highest BCUT2D eigenvalue weighted by Gasteiger charge is 2.12. The monoisotopic (exact) mass is 213 g/mol. The molecule has 0 fully saturated rings. The van der Waals surface area contributed by atoms with Crippen LogP contribution in [0.4, 0.5) is 0 Å². The average Bonchev–Trinajstić information content (AvgIpc) is 2.29. The van der Waals surface area contributed by atoms with Crippen molar-refractivity contribution in [1.82, 2.24) is 4.90 Å².